The third-order valence-electron chi connectivity index (χ3n) is 6.07. The van der Waals surface area contributed by atoms with Gasteiger partial charge in [0.25, 0.3) is 0 Å². The van der Waals surface area contributed by atoms with Gasteiger partial charge in [0.05, 0.1) is 0 Å². The Morgan fingerprint density at radius 1 is 1.21 bits per heavy atom. The third-order valence-corrected chi connectivity index (χ3v) is 6.07. The number of benzene rings is 1. The summed E-state index contributed by atoms with van der Waals surface area (Å²) in [6, 6.07) is 11.2. The molecule has 1 aromatic heterocycles. The highest BCUT2D eigenvalue weighted by molar-refractivity contribution is 5.75. The Balaban J connectivity index is 1.17. The molecule has 0 radical (unpaired) electrons. The molecular weight excluding hydrogens is 300 g/mol. The molecule has 2 aliphatic carbocycles. The molecule has 0 unspecified atom stereocenters. The summed E-state index contributed by atoms with van der Waals surface area (Å²) < 4.78 is 0. The number of carbonyl (C=O) groups excluding carboxylic acids is 1. The first-order chi connectivity index (χ1) is 11.8. The van der Waals surface area contributed by atoms with Crippen LogP contribution in [0.25, 0.3) is 0 Å². The molecule has 1 aromatic carbocycles. The van der Waals surface area contributed by atoms with Crippen molar-refractivity contribution in [2.45, 2.75) is 37.1 Å². The Morgan fingerprint density at radius 2 is 2.04 bits per heavy atom. The fourth-order valence-electron chi connectivity index (χ4n) is 4.67. The molecule has 24 heavy (non-hydrogen) atoms. The SMILES string of the molecule is O=C(N[C@@H]1[C@@H]2Cc3ccccc3[C@H]21)N1CCC(c2ccn[nH]2)CC1. The van der Waals surface area contributed by atoms with Crippen LogP contribution in [0.2, 0.25) is 0 Å². The number of nitrogens with zero attached hydrogens (tertiary/aromatic N) is 2. The molecule has 5 rings (SSSR count). The highest BCUT2D eigenvalue weighted by Crippen LogP contribution is 2.56. The zero-order valence-corrected chi connectivity index (χ0v) is 13.6. The second kappa shape index (κ2) is 5.36. The molecule has 3 aliphatic rings. The lowest BCUT2D eigenvalue weighted by Crippen LogP contribution is -2.45. The van der Waals surface area contributed by atoms with Crippen molar-refractivity contribution in [1.29, 1.82) is 0 Å². The number of aromatic amines is 1. The van der Waals surface area contributed by atoms with Gasteiger partial charge in [0, 0.05) is 42.9 Å². The lowest BCUT2D eigenvalue weighted by molar-refractivity contribution is 0.180. The van der Waals surface area contributed by atoms with Crippen LogP contribution in [-0.2, 0) is 6.42 Å². The predicted octanol–water partition coefficient (Wildman–Crippen LogP) is 2.64. The highest BCUT2D eigenvalue weighted by Gasteiger charge is 2.56. The first-order valence-electron chi connectivity index (χ1n) is 8.94. The highest BCUT2D eigenvalue weighted by atomic mass is 16.2. The zero-order chi connectivity index (χ0) is 16.1. The third kappa shape index (κ3) is 2.22. The molecule has 124 valence electrons. The minimum absolute atomic E-state index is 0.120. The van der Waals surface area contributed by atoms with E-state index in [4.69, 9.17) is 0 Å². The number of hydrogen-bond donors (Lipinski definition) is 2. The van der Waals surface area contributed by atoms with Crippen molar-refractivity contribution in [3.63, 3.8) is 0 Å². The molecule has 1 aliphatic heterocycles. The van der Waals surface area contributed by atoms with E-state index >= 15 is 0 Å². The number of rotatable bonds is 2. The van der Waals surface area contributed by atoms with E-state index in [1.165, 1.54) is 16.8 Å². The number of urea groups is 1. The Labute approximate surface area is 141 Å². The molecule has 1 saturated carbocycles. The molecule has 5 nitrogen and oxygen atoms in total. The Kier molecular flexibility index (Phi) is 3.15. The van der Waals surface area contributed by atoms with Crippen LogP contribution in [0.5, 0.6) is 0 Å². The number of carbonyl (C=O) groups is 1. The van der Waals surface area contributed by atoms with Crippen LogP contribution in [0.15, 0.2) is 36.5 Å². The van der Waals surface area contributed by atoms with E-state index in [9.17, 15) is 4.79 Å². The summed E-state index contributed by atoms with van der Waals surface area (Å²) in [5.74, 6) is 1.67. The maximum absolute atomic E-state index is 12.6. The average Bonchev–Trinajstić information content (AvgIpc) is 3.02. The standard InChI is InChI=1S/C19H22N4O/c24-19(23-9-6-12(7-10-23)16-5-8-20-22-16)21-18-15-11-13-3-1-2-4-14(13)17(15)18/h1-5,8,12,15,17-18H,6-7,9-11H2,(H,20,22)(H,21,24)/t15-,17-,18-/m1/s1. The van der Waals surface area contributed by atoms with Gasteiger partial charge in [-0.1, -0.05) is 24.3 Å². The Bertz CT molecular complexity index is 748. The van der Waals surface area contributed by atoms with Gasteiger partial charge in [0.1, 0.15) is 0 Å². The van der Waals surface area contributed by atoms with E-state index in [1.54, 1.807) is 6.20 Å². The van der Waals surface area contributed by atoms with Crippen molar-refractivity contribution in [3.05, 3.63) is 53.3 Å². The fourth-order valence-corrected chi connectivity index (χ4v) is 4.67. The summed E-state index contributed by atoms with van der Waals surface area (Å²) in [6.45, 7) is 1.66. The number of likely N-dealkylation sites (tertiary alicyclic amines) is 1. The second-order valence-corrected chi connectivity index (χ2v) is 7.34. The Hall–Kier alpha value is -2.30. The van der Waals surface area contributed by atoms with E-state index in [1.807, 2.05) is 11.0 Å². The van der Waals surface area contributed by atoms with Crippen molar-refractivity contribution in [3.8, 4) is 0 Å². The smallest absolute Gasteiger partial charge is 0.317 e. The molecule has 0 spiro atoms. The van der Waals surface area contributed by atoms with Gasteiger partial charge in [-0.2, -0.15) is 5.10 Å². The van der Waals surface area contributed by atoms with Crippen molar-refractivity contribution < 1.29 is 4.79 Å². The molecule has 2 N–H and O–H groups in total. The molecule has 2 amide bonds. The number of aromatic nitrogens is 2. The average molecular weight is 322 g/mol. The number of piperidine rings is 1. The lowest BCUT2D eigenvalue weighted by atomic mass is 9.94. The maximum atomic E-state index is 12.6. The van der Waals surface area contributed by atoms with Crippen molar-refractivity contribution in [2.24, 2.45) is 5.92 Å². The van der Waals surface area contributed by atoms with Gasteiger partial charge in [0.15, 0.2) is 0 Å². The number of fused-ring (bicyclic) bond motifs is 3. The van der Waals surface area contributed by atoms with Crippen LogP contribution in [0, 0.1) is 5.92 Å². The predicted molar refractivity (Wildman–Crippen MR) is 90.8 cm³/mol. The van der Waals surface area contributed by atoms with Crippen LogP contribution in [-0.4, -0.2) is 40.3 Å². The van der Waals surface area contributed by atoms with Crippen LogP contribution in [0.1, 0.15) is 41.5 Å². The van der Waals surface area contributed by atoms with Crippen LogP contribution in [0.4, 0.5) is 4.79 Å². The van der Waals surface area contributed by atoms with Gasteiger partial charge >= 0.3 is 6.03 Å². The molecule has 3 atom stereocenters. The number of H-pyrrole nitrogens is 1. The maximum Gasteiger partial charge on any atom is 0.317 e. The van der Waals surface area contributed by atoms with Gasteiger partial charge in [-0.05, 0) is 42.4 Å². The number of hydrogen-bond acceptors (Lipinski definition) is 2. The summed E-state index contributed by atoms with van der Waals surface area (Å²) in [5, 5.41) is 10.4. The van der Waals surface area contributed by atoms with E-state index in [2.05, 4.69) is 39.8 Å². The van der Waals surface area contributed by atoms with E-state index < -0.39 is 0 Å². The van der Waals surface area contributed by atoms with Crippen LogP contribution >= 0.6 is 0 Å². The zero-order valence-electron chi connectivity index (χ0n) is 13.6. The monoisotopic (exact) mass is 322 g/mol. The quantitative estimate of drug-likeness (QED) is 0.893. The van der Waals surface area contributed by atoms with E-state index in [0.717, 1.165) is 32.4 Å². The number of amides is 2. The molecule has 2 aromatic rings. The summed E-state index contributed by atoms with van der Waals surface area (Å²) >= 11 is 0. The largest absolute Gasteiger partial charge is 0.334 e. The minimum atomic E-state index is 0.120. The normalized spacial score (nSPS) is 28.3. The second-order valence-electron chi connectivity index (χ2n) is 7.34. The summed E-state index contributed by atoms with van der Waals surface area (Å²) in [4.78, 5) is 14.6. The minimum Gasteiger partial charge on any atom is -0.334 e. The molecule has 0 bridgehead atoms. The van der Waals surface area contributed by atoms with Crippen molar-refractivity contribution >= 4 is 6.03 Å². The molecule has 2 heterocycles. The lowest BCUT2D eigenvalue weighted by Gasteiger charge is -2.31. The van der Waals surface area contributed by atoms with Gasteiger partial charge in [-0.3, -0.25) is 5.10 Å². The fraction of sp³-hybridized carbons (Fsp3) is 0.474. The molecule has 2 fully saturated rings. The van der Waals surface area contributed by atoms with Crippen LogP contribution < -0.4 is 5.32 Å². The molecule has 1 saturated heterocycles. The molecular formula is C19H22N4O. The first kappa shape index (κ1) is 14.1. The van der Waals surface area contributed by atoms with Gasteiger partial charge in [-0.25, -0.2) is 4.79 Å². The topological polar surface area (TPSA) is 61.0 Å². The first-order valence-corrected chi connectivity index (χ1v) is 8.94. The summed E-state index contributed by atoms with van der Waals surface area (Å²) in [6.07, 6.45) is 4.94. The number of nitrogens with one attached hydrogen (secondary N) is 2. The van der Waals surface area contributed by atoms with Gasteiger partial charge < -0.3 is 10.2 Å². The van der Waals surface area contributed by atoms with Crippen molar-refractivity contribution in [1.82, 2.24) is 20.4 Å². The summed E-state index contributed by atoms with van der Waals surface area (Å²) in [7, 11) is 0. The van der Waals surface area contributed by atoms with Gasteiger partial charge in [0.2, 0.25) is 0 Å². The van der Waals surface area contributed by atoms with Gasteiger partial charge in [-0.15, -0.1) is 0 Å². The van der Waals surface area contributed by atoms with Crippen molar-refractivity contribution in [2.75, 3.05) is 13.1 Å². The van der Waals surface area contributed by atoms with E-state index in [-0.39, 0.29) is 6.03 Å². The summed E-state index contributed by atoms with van der Waals surface area (Å²) in [5.41, 5.74) is 4.12. The Morgan fingerprint density at radius 3 is 2.83 bits per heavy atom. The van der Waals surface area contributed by atoms with E-state index in [0.29, 0.717) is 23.8 Å². The molecule has 5 heteroatoms. The van der Waals surface area contributed by atoms with Crippen LogP contribution in [0.3, 0.4) is 0 Å².